The topological polar surface area (TPSA) is 56.7 Å². The average Bonchev–Trinajstić information content (AvgIpc) is 3.14. The van der Waals surface area contributed by atoms with E-state index in [2.05, 4.69) is 51.9 Å². The molecule has 0 aliphatic heterocycles. The van der Waals surface area contributed by atoms with Crippen molar-refractivity contribution in [3.8, 4) is 5.82 Å². The van der Waals surface area contributed by atoms with Crippen LogP contribution in [0.5, 0.6) is 0 Å². The van der Waals surface area contributed by atoms with E-state index in [4.69, 9.17) is 5.73 Å². The minimum Gasteiger partial charge on any atom is -0.321 e. The third kappa shape index (κ3) is 2.03. The summed E-state index contributed by atoms with van der Waals surface area (Å²) in [7, 11) is 0. The molecule has 4 heteroatoms. The SMILES string of the molecule is CCc1nccc(-n2ccc3cc(C4(N)CC4)ccc32)n1. The van der Waals surface area contributed by atoms with Gasteiger partial charge in [0, 0.05) is 29.7 Å². The Balaban J connectivity index is 1.82. The standard InChI is InChI=1S/C17H18N4/c1-2-15-19-9-5-16(20-15)21-10-6-12-11-13(3-4-14(12)21)17(18)7-8-17/h3-6,9-11H,2,7-8,18H2,1H3. The summed E-state index contributed by atoms with van der Waals surface area (Å²) in [5.74, 6) is 1.78. The van der Waals surface area contributed by atoms with Crippen molar-refractivity contribution in [2.45, 2.75) is 31.7 Å². The molecular weight excluding hydrogens is 260 g/mol. The molecule has 1 aromatic carbocycles. The molecule has 1 aliphatic carbocycles. The highest BCUT2D eigenvalue weighted by Gasteiger charge is 2.39. The first-order valence-electron chi connectivity index (χ1n) is 7.42. The van der Waals surface area contributed by atoms with Crippen molar-refractivity contribution < 1.29 is 0 Å². The Morgan fingerprint density at radius 1 is 1.24 bits per heavy atom. The first-order chi connectivity index (χ1) is 10.2. The van der Waals surface area contributed by atoms with Crippen LogP contribution in [0.3, 0.4) is 0 Å². The lowest BCUT2D eigenvalue weighted by Crippen LogP contribution is -2.18. The van der Waals surface area contributed by atoms with Gasteiger partial charge in [-0.15, -0.1) is 0 Å². The summed E-state index contributed by atoms with van der Waals surface area (Å²) in [4.78, 5) is 8.86. The minimum atomic E-state index is -0.0828. The molecule has 1 aliphatic rings. The number of rotatable bonds is 3. The Morgan fingerprint density at radius 2 is 2.10 bits per heavy atom. The van der Waals surface area contributed by atoms with Crippen LogP contribution in [0.2, 0.25) is 0 Å². The van der Waals surface area contributed by atoms with Crippen molar-refractivity contribution in [1.29, 1.82) is 0 Å². The number of hydrogen-bond donors (Lipinski definition) is 1. The first-order valence-corrected chi connectivity index (χ1v) is 7.42. The number of nitrogens with zero attached hydrogens (tertiary/aromatic N) is 3. The Labute approximate surface area is 123 Å². The monoisotopic (exact) mass is 278 g/mol. The third-order valence-corrected chi connectivity index (χ3v) is 4.31. The van der Waals surface area contributed by atoms with Gasteiger partial charge in [0.15, 0.2) is 0 Å². The number of aromatic nitrogens is 3. The number of aryl methyl sites for hydroxylation is 1. The molecule has 0 spiro atoms. The molecule has 21 heavy (non-hydrogen) atoms. The molecule has 2 heterocycles. The number of nitrogens with two attached hydrogens (primary N) is 1. The van der Waals surface area contributed by atoms with Crippen LogP contribution >= 0.6 is 0 Å². The van der Waals surface area contributed by atoms with Gasteiger partial charge >= 0.3 is 0 Å². The fraction of sp³-hybridized carbons (Fsp3) is 0.294. The van der Waals surface area contributed by atoms with Crippen LogP contribution in [-0.2, 0) is 12.0 Å². The van der Waals surface area contributed by atoms with Gasteiger partial charge in [-0.2, -0.15) is 0 Å². The molecule has 4 nitrogen and oxygen atoms in total. The fourth-order valence-corrected chi connectivity index (χ4v) is 2.77. The van der Waals surface area contributed by atoms with Crippen LogP contribution in [-0.4, -0.2) is 14.5 Å². The molecule has 2 N–H and O–H groups in total. The van der Waals surface area contributed by atoms with Gasteiger partial charge in [0.1, 0.15) is 11.6 Å². The van der Waals surface area contributed by atoms with Gasteiger partial charge in [-0.3, -0.25) is 0 Å². The summed E-state index contributed by atoms with van der Waals surface area (Å²) in [6.07, 6.45) is 6.90. The second-order valence-electron chi connectivity index (χ2n) is 5.80. The lowest BCUT2D eigenvalue weighted by molar-refractivity contribution is 0.741. The van der Waals surface area contributed by atoms with E-state index in [0.717, 1.165) is 36.4 Å². The number of fused-ring (bicyclic) bond motifs is 1. The molecule has 0 unspecified atom stereocenters. The lowest BCUT2D eigenvalue weighted by atomic mass is 10.0. The number of benzene rings is 1. The maximum absolute atomic E-state index is 6.29. The average molecular weight is 278 g/mol. The van der Waals surface area contributed by atoms with Crippen LogP contribution in [0, 0.1) is 0 Å². The van der Waals surface area contributed by atoms with E-state index < -0.39 is 0 Å². The van der Waals surface area contributed by atoms with E-state index >= 15 is 0 Å². The zero-order valence-electron chi connectivity index (χ0n) is 12.1. The highest BCUT2D eigenvalue weighted by molar-refractivity contribution is 5.82. The molecule has 4 rings (SSSR count). The van der Waals surface area contributed by atoms with E-state index in [-0.39, 0.29) is 5.54 Å². The van der Waals surface area contributed by atoms with E-state index in [1.54, 1.807) is 0 Å². The molecule has 1 saturated carbocycles. The minimum absolute atomic E-state index is 0.0828. The second-order valence-corrected chi connectivity index (χ2v) is 5.80. The van der Waals surface area contributed by atoms with E-state index in [1.807, 2.05) is 12.3 Å². The van der Waals surface area contributed by atoms with Gasteiger partial charge in [-0.05, 0) is 42.7 Å². The smallest absolute Gasteiger partial charge is 0.140 e. The van der Waals surface area contributed by atoms with Crippen LogP contribution < -0.4 is 5.73 Å². The third-order valence-electron chi connectivity index (χ3n) is 4.31. The zero-order chi connectivity index (χ0) is 14.4. The molecule has 0 radical (unpaired) electrons. The van der Waals surface area contributed by atoms with E-state index in [1.165, 1.54) is 10.9 Å². The molecule has 0 saturated heterocycles. The van der Waals surface area contributed by atoms with Crippen molar-refractivity contribution in [2.24, 2.45) is 5.73 Å². The molecule has 0 atom stereocenters. The van der Waals surface area contributed by atoms with Crippen LogP contribution in [0.15, 0.2) is 42.7 Å². The molecule has 0 amide bonds. The summed E-state index contributed by atoms with van der Waals surface area (Å²) < 4.78 is 2.11. The van der Waals surface area contributed by atoms with Gasteiger partial charge in [0.25, 0.3) is 0 Å². The Kier molecular flexibility index (Phi) is 2.62. The first kappa shape index (κ1) is 12.5. The quantitative estimate of drug-likeness (QED) is 0.801. The van der Waals surface area contributed by atoms with Gasteiger partial charge < -0.3 is 10.3 Å². The van der Waals surface area contributed by atoms with Crippen molar-refractivity contribution in [2.75, 3.05) is 0 Å². The molecule has 0 bridgehead atoms. The molecule has 1 fully saturated rings. The maximum atomic E-state index is 6.29. The fourth-order valence-electron chi connectivity index (χ4n) is 2.77. The summed E-state index contributed by atoms with van der Waals surface area (Å²) in [5.41, 5.74) is 8.60. The van der Waals surface area contributed by atoms with E-state index in [9.17, 15) is 0 Å². The zero-order valence-corrected chi connectivity index (χ0v) is 12.1. The van der Waals surface area contributed by atoms with Crippen LogP contribution in [0.25, 0.3) is 16.7 Å². The summed E-state index contributed by atoms with van der Waals surface area (Å²) in [6, 6.07) is 10.6. The molecule has 2 aromatic heterocycles. The van der Waals surface area contributed by atoms with Crippen molar-refractivity contribution in [1.82, 2.24) is 14.5 Å². The van der Waals surface area contributed by atoms with Gasteiger partial charge in [0.2, 0.25) is 0 Å². The molecule has 3 aromatic rings. The Morgan fingerprint density at radius 3 is 2.86 bits per heavy atom. The summed E-state index contributed by atoms with van der Waals surface area (Å²) in [6.45, 7) is 2.06. The summed E-state index contributed by atoms with van der Waals surface area (Å²) >= 11 is 0. The predicted octanol–water partition coefficient (Wildman–Crippen LogP) is 2.93. The van der Waals surface area contributed by atoms with Crippen molar-refractivity contribution >= 4 is 10.9 Å². The highest BCUT2D eigenvalue weighted by atomic mass is 15.1. The van der Waals surface area contributed by atoms with Gasteiger partial charge in [0.05, 0.1) is 5.52 Å². The normalized spacial score (nSPS) is 16.3. The van der Waals surface area contributed by atoms with Crippen LogP contribution in [0.1, 0.15) is 31.2 Å². The van der Waals surface area contributed by atoms with Gasteiger partial charge in [-0.1, -0.05) is 13.0 Å². The van der Waals surface area contributed by atoms with Crippen molar-refractivity contribution in [3.05, 3.63) is 54.1 Å². The maximum Gasteiger partial charge on any atom is 0.140 e. The molecule has 106 valence electrons. The molecular formula is C17H18N4. The summed E-state index contributed by atoms with van der Waals surface area (Å²) in [5, 5.41) is 1.21. The highest BCUT2D eigenvalue weighted by Crippen LogP contribution is 2.43. The van der Waals surface area contributed by atoms with Gasteiger partial charge in [-0.25, -0.2) is 9.97 Å². The van der Waals surface area contributed by atoms with Crippen LogP contribution in [0.4, 0.5) is 0 Å². The Bertz CT molecular complexity index is 815. The Hall–Kier alpha value is -2.20. The largest absolute Gasteiger partial charge is 0.321 e. The van der Waals surface area contributed by atoms with E-state index in [0.29, 0.717) is 0 Å². The second kappa shape index (κ2) is 4.40. The van der Waals surface area contributed by atoms with Crippen molar-refractivity contribution in [3.63, 3.8) is 0 Å². The number of hydrogen-bond acceptors (Lipinski definition) is 3. The lowest BCUT2D eigenvalue weighted by Gasteiger charge is -2.10. The predicted molar refractivity (Wildman–Crippen MR) is 83.3 cm³/mol.